The van der Waals surface area contributed by atoms with Crippen molar-refractivity contribution in [3.05, 3.63) is 54.1 Å². The number of guanidine groups is 1. The first kappa shape index (κ1) is 15.6. The van der Waals surface area contributed by atoms with Gasteiger partial charge in [0.05, 0.1) is 12.0 Å². The van der Waals surface area contributed by atoms with Gasteiger partial charge in [-0.15, -0.1) is 12.6 Å². The topological polar surface area (TPSA) is 58.7 Å². The normalized spacial score (nSPS) is 21.3. The Morgan fingerprint density at radius 3 is 2.65 bits per heavy atom. The average molecular weight is 325 g/mol. The maximum absolute atomic E-state index is 12.2. The van der Waals surface area contributed by atoms with Crippen LogP contribution >= 0.6 is 12.6 Å². The van der Waals surface area contributed by atoms with Gasteiger partial charge in [0, 0.05) is 11.9 Å². The minimum atomic E-state index is -0.644. The number of rotatable bonds is 2. The van der Waals surface area contributed by atoms with Crippen LogP contribution in [0.25, 0.3) is 11.1 Å². The van der Waals surface area contributed by atoms with Gasteiger partial charge in [0.2, 0.25) is 5.91 Å². The first-order chi connectivity index (χ1) is 10.9. The number of aliphatic imine (C=N–C) groups is 1. The van der Waals surface area contributed by atoms with Crippen molar-refractivity contribution in [2.75, 3.05) is 7.05 Å². The fraction of sp³-hybridized carbons (Fsp3) is 0.222. The van der Waals surface area contributed by atoms with E-state index in [4.69, 9.17) is 5.73 Å². The van der Waals surface area contributed by atoms with Gasteiger partial charge in [0.15, 0.2) is 5.96 Å². The van der Waals surface area contributed by atoms with Gasteiger partial charge in [-0.05, 0) is 35.7 Å². The van der Waals surface area contributed by atoms with Gasteiger partial charge in [-0.25, -0.2) is 4.99 Å². The minimum absolute atomic E-state index is 0.0278. The van der Waals surface area contributed by atoms with Crippen molar-refractivity contribution in [2.24, 2.45) is 10.7 Å². The molecule has 5 heteroatoms. The number of nitrogens with two attached hydrogens (primary N) is 1. The lowest BCUT2D eigenvalue weighted by Crippen LogP contribution is -2.47. The number of carbonyl (C=O) groups excluding carboxylic acids is 1. The fourth-order valence-electron chi connectivity index (χ4n) is 2.81. The molecule has 2 aromatic rings. The lowest BCUT2D eigenvalue weighted by Gasteiger charge is -2.33. The van der Waals surface area contributed by atoms with E-state index in [0.717, 1.165) is 21.6 Å². The zero-order chi connectivity index (χ0) is 16.6. The zero-order valence-electron chi connectivity index (χ0n) is 13.2. The fourth-order valence-corrected chi connectivity index (χ4v) is 3.10. The van der Waals surface area contributed by atoms with E-state index >= 15 is 0 Å². The van der Waals surface area contributed by atoms with Crippen LogP contribution in [0.5, 0.6) is 0 Å². The van der Waals surface area contributed by atoms with Crippen molar-refractivity contribution < 1.29 is 4.79 Å². The molecule has 118 valence electrons. The standard InChI is InChI=1S/C18H19N3OS/c1-18(11-16(22)21(2)17(19)20-18)13-7-5-6-12(10-13)14-8-3-4-9-15(14)23/h3-10,23H,11H2,1-2H3,(H2,19,20). The summed E-state index contributed by atoms with van der Waals surface area (Å²) in [4.78, 5) is 19.0. The maximum Gasteiger partial charge on any atom is 0.231 e. The third kappa shape index (κ3) is 2.84. The van der Waals surface area contributed by atoms with E-state index in [-0.39, 0.29) is 11.9 Å². The second kappa shape index (κ2) is 5.74. The van der Waals surface area contributed by atoms with Crippen LogP contribution in [-0.4, -0.2) is 23.8 Å². The van der Waals surface area contributed by atoms with E-state index in [1.54, 1.807) is 7.05 Å². The highest BCUT2D eigenvalue weighted by Gasteiger charge is 2.36. The van der Waals surface area contributed by atoms with Crippen LogP contribution in [-0.2, 0) is 10.3 Å². The Hall–Kier alpha value is -2.27. The van der Waals surface area contributed by atoms with Gasteiger partial charge < -0.3 is 5.73 Å². The molecule has 0 bridgehead atoms. The molecule has 23 heavy (non-hydrogen) atoms. The van der Waals surface area contributed by atoms with Crippen LogP contribution in [0, 0.1) is 0 Å². The Morgan fingerprint density at radius 2 is 1.96 bits per heavy atom. The molecule has 0 radical (unpaired) electrons. The van der Waals surface area contributed by atoms with E-state index in [1.165, 1.54) is 4.90 Å². The van der Waals surface area contributed by atoms with Crippen molar-refractivity contribution >= 4 is 24.5 Å². The molecule has 1 aliphatic heterocycles. The molecule has 2 aromatic carbocycles. The molecule has 3 rings (SSSR count). The lowest BCUT2D eigenvalue weighted by molar-refractivity contribution is -0.128. The highest BCUT2D eigenvalue weighted by Crippen LogP contribution is 2.35. The SMILES string of the molecule is CN1C(=O)CC(C)(c2cccc(-c3ccccc3S)c2)N=C1N. The summed E-state index contributed by atoms with van der Waals surface area (Å²) in [5.41, 5.74) is 8.33. The second-order valence-corrected chi connectivity index (χ2v) is 6.45. The van der Waals surface area contributed by atoms with E-state index in [1.807, 2.05) is 49.4 Å². The Balaban J connectivity index is 2.07. The number of thiol groups is 1. The molecule has 0 fully saturated rings. The molecule has 1 aliphatic rings. The summed E-state index contributed by atoms with van der Waals surface area (Å²) >= 11 is 4.52. The molecular formula is C18H19N3OS. The smallest absolute Gasteiger partial charge is 0.231 e. The molecule has 1 atom stereocenters. The highest BCUT2D eigenvalue weighted by atomic mass is 32.1. The van der Waals surface area contributed by atoms with Crippen LogP contribution in [0.4, 0.5) is 0 Å². The van der Waals surface area contributed by atoms with Crippen molar-refractivity contribution in [3.8, 4) is 11.1 Å². The molecule has 2 N–H and O–H groups in total. The van der Waals surface area contributed by atoms with E-state index in [0.29, 0.717) is 6.42 Å². The van der Waals surface area contributed by atoms with Crippen LogP contribution < -0.4 is 5.73 Å². The summed E-state index contributed by atoms with van der Waals surface area (Å²) < 4.78 is 0. The number of hydrogen-bond donors (Lipinski definition) is 2. The summed E-state index contributed by atoms with van der Waals surface area (Å²) in [7, 11) is 1.65. The molecule has 1 unspecified atom stereocenters. The first-order valence-corrected chi connectivity index (χ1v) is 7.86. The third-order valence-corrected chi connectivity index (χ3v) is 4.66. The monoisotopic (exact) mass is 325 g/mol. The summed E-state index contributed by atoms with van der Waals surface area (Å²) in [5, 5.41) is 0. The number of amides is 1. The van der Waals surface area contributed by atoms with Crippen LogP contribution in [0.3, 0.4) is 0 Å². The molecule has 0 aromatic heterocycles. The van der Waals surface area contributed by atoms with Gasteiger partial charge in [-0.1, -0.05) is 36.4 Å². The predicted molar refractivity (Wildman–Crippen MR) is 95.5 cm³/mol. The molecular weight excluding hydrogens is 306 g/mol. The first-order valence-electron chi connectivity index (χ1n) is 7.41. The van der Waals surface area contributed by atoms with Crippen molar-refractivity contribution in [3.63, 3.8) is 0 Å². The quantitative estimate of drug-likeness (QED) is 0.834. The summed E-state index contributed by atoms with van der Waals surface area (Å²) in [6, 6.07) is 16.0. The highest BCUT2D eigenvalue weighted by molar-refractivity contribution is 7.80. The van der Waals surface area contributed by atoms with Crippen LogP contribution in [0.1, 0.15) is 18.9 Å². The van der Waals surface area contributed by atoms with Crippen LogP contribution in [0.15, 0.2) is 58.4 Å². The Morgan fingerprint density at radius 1 is 1.22 bits per heavy atom. The van der Waals surface area contributed by atoms with Gasteiger partial charge in [0.1, 0.15) is 0 Å². The predicted octanol–water partition coefficient (Wildman–Crippen LogP) is 3.03. The largest absolute Gasteiger partial charge is 0.369 e. The molecule has 1 amide bonds. The van der Waals surface area contributed by atoms with Gasteiger partial charge in [-0.2, -0.15) is 0 Å². The molecule has 1 heterocycles. The van der Waals surface area contributed by atoms with Gasteiger partial charge >= 0.3 is 0 Å². The number of benzene rings is 2. The number of nitrogens with zero attached hydrogens (tertiary/aromatic N) is 2. The Bertz CT molecular complexity index is 802. The molecule has 0 aliphatic carbocycles. The van der Waals surface area contributed by atoms with E-state index in [9.17, 15) is 4.79 Å². The van der Waals surface area contributed by atoms with E-state index in [2.05, 4.69) is 23.7 Å². The molecule has 4 nitrogen and oxygen atoms in total. The van der Waals surface area contributed by atoms with E-state index < -0.39 is 5.54 Å². The molecule has 0 saturated heterocycles. The Labute approximate surface area is 141 Å². The second-order valence-electron chi connectivity index (χ2n) is 5.97. The maximum atomic E-state index is 12.2. The molecule has 0 spiro atoms. The van der Waals surface area contributed by atoms with Crippen LogP contribution in [0.2, 0.25) is 0 Å². The van der Waals surface area contributed by atoms with Crippen molar-refractivity contribution in [1.29, 1.82) is 0 Å². The summed E-state index contributed by atoms with van der Waals surface area (Å²) in [5.74, 6) is 0.226. The van der Waals surface area contributed by atoms with Gasteiger partial charge in [-0.3, -0.25) is 9.69 Å². The lowest BCUT2D eigenvalue weighted by atomic mass is 9.86. The minimum Gasteiger partial charge on any atom is -0.369 e. The zero-order valence-corrected chi connectivity index (χ0v) is 14.0. The summed E-state index contributed by atoms with van der Waals surface area (Å²) in [6.45, 7) is 1.94. The third-order valence-electron chi connectivity index (χ3n) is 4.27. The van der Waals surface area contributed by atoms with Crippen molar-refractivity contribution in [2.45, 2.75) is 23.8 Å². The van der Waals surface area contributed by atoms with Crippen molar-refractivity contribution in [1.82, 2.24) is 4.90 Å². The number of carbonyl (C=O) groups is 1. The average Bonchev–Trinajstić information content (AvgIpc) is 2.53. The summed E-state index contributed by atoms with van der Waals surface area (Å²) in [6.07, 6.45) is 0.302. The Kier molecular flexibility index (Phi) is 3.90. The number of hydrogen-bond acceptors (Lipinski definition) is 4. The van der Waals surface area contributed by atoms with Gasteiger partial charge in [0.25, 0.3) is 0 Å². The molecule has 0 saturated carbocycles.